The second kappa shape index (κ2) is 5.61. The van der Waals surface area contributed by atoms with Gasteiger partial charge >= 0.3 is 5.97 Å². The molecule has 2 aliphatic rings. The van der Waals surface area contributed by atoms with Crippen LogP contribution in [-0.4, -0.2) is 40.0 Å². The molecule has 2 aromatic rings. The molecule has 5 nitrogen and oxygen atoms in total. The lowest BCUT2D eigenvalue weighted by Crippen LogP contribution is -2.39. The molecule has 1 aliphatic carbocycles. The van der Waals surface area contributed by atoms with Crippen LogP contribution in [0.25, 0.3) is 10.9 Å². The normalized spacial score (nSPS) is 24.3. The maximum atomic E-state index is 13.3. The van der Waals surface area contributed by atoms with E-state index in [4.69, 9.17) is 5.11 Å². The third-order valence-electron chi connectivity index (χ3n) is 5.35. The van der Waals surface area contributed by atoms with Crippen molar-refractivity contribution < 1.29 is 19.1 Å². The summed E-state index contributed by atoms with van der Waals surface area (Å²) < 4.78 is 13.3. The number of carbonyl (C=O) groups excluding carboxylic acids is 1. The van der Waals surface area contributed by atoms with Crippen molar-refractivity contribution in [3.8, 4) is 0 Å². The number of nitrogens with one attached hydrogen (secondary N) is 1. The molecule has 6 heteroatoms. The van der Waals surface area contributed by atoms with Crippen molar-refractivity contribution in [1.29, 1.82) is 0 Å². The van der Waals surface area contributed by atoms with Crippen molar-refractivity contribution in [1.82, 2.24) is 9.88 Å². The number of amides is 1. The minimum absolute atomic E-state index is 0.0122. The Kier molecular flexibility index (Phi) is 3.55. The van der Waals surface area contributed by atoms with Crippen LogP contribution in [-0.2, 0) is 9.59 Å². The van der Waals surface area contributed by atoms with E-state index in [9.17, 15) is 14.0 Å². The van der Waals surface area contributed by atoms with E-state index >= 15 is 0 Å². The van der Waals surface area contributed by atoms with E-state index in [-0.39, 0.29) is 17.6 Å². The molecule has 2 unspecified atom stereocenters. The lowest BCUT2D eigenvalue weighted by atomic mass is 9.89. The van der Waals surface area contributed by atoms with Gasteiger partial charge in [0.2, 0.25) is 5.91 Å². The fraction of sp³-hybridized carbons (Fsp3) is 0.444. The maximum Gasteiger partial charge on any atom is 0.307 e. The first-order valence-electron chi connectivity index (χ1n) is 8.32. The van der Waals surface area contributed by atoms with Crippen molar-refractivity contribution in [2.24, 2.45) is 11.8 Å². The average Bonchev–Trinajstić information content (AvgIpc) is 3.28. The zero-order valence-electron chi connectivity index (χ0n) is 13.2. The number of carbonyl (C=O) groups is 2. The molecule has 2 N–H and O–H groups in total. The number of benzene rings is 1. The predicted molar refractivity (Wildman–Crippen MR) is 86.0 cm³/mol. The number of rotatable bonds is 3. The standard InChI is InChI=1S/C18H19FN2O3/c19-11-1-2-12-15(9-20-16(12)7-11)10-3-5-21(6-4-10)17(22)13-8-14(13)18(23)24/h1-2,7,9-10,13-14,20H,3-6,8H2,(H,23,24). The Hall–Kier alpha value is -2.37. The Balaban J connectivity index is 1.42. The van der Waals surface area contributed by atoms with Crippen LogP contribution in [0.15, 0.2) is 24.4 Å². The third kappa shape index (κ3) is 2.56. The van der Waals surface area contributed by atoms with Crippen LogP contribution in [0.3, 0.4) is 0 Å². The number of H-pyrrole nitrogens is 1. The second-order valence-corrected chi connectivity index (χ2v) is 6.82. The number of nitrogens with zero attached hydrogens (tertiary/aromatic N) is 1. The maximum absolute atomic E-state index is 13.3. The Bertz CT molecular complexity index is 808. The minimum Gasteiger partial charge on any atom is -0.481 e. The molecule has 1 saturated heterocycles. The van der Waals surface area contributed by atoms with E-state index in [1.807, 2.05) is 6.20 Å². The highest BCUT2D eigenvalue weighted by Gasteiger charge is 2.50. The zero-order valence-corrected chi connectivity index (χ0v) is 13.2. The monoisotopic (exact) mass is 330 g/mol. The SMILES string of the molecule is O=C(O)C1CC1C(=O)N1CCC(c2c[nH]c3cc(F)ccc23)CC1. The zero-order chi connectivity index (χ0) is 16.8. The van der Waals surface area contributed by atoms with Gasteiger partial charge < -0.3 is 15.0 Å². The molecule has 1 aromatic carbocycles. The van der Waals surface area contributed by atoms with Gasteiger partial charge in [-0.25, -0.2) is 4.39 Å². The van der Waals surface area contributed by atoms with Gasteiger partial charge in [0.1, 0.15) is 5.82 Å². The largest absolute Gasteiger partial charge is 0.481 e. The molecule has 24 heavy (non-hydrogen) atoms. The number of carboxylic acid groups (broad SMARTS) is 1. The molecule has 1 saturated carbocycles. The van der Waals surface area contributed by atoms with Crippen molar-refractivity contribution in [3.05, 3.63) is 35.8 Å². The lowest BCUT2D eigenvalue weighted by molar-refractivity contribution is -0.142. The Morgan fingerprint density at radius 3 is 2.62 bits per heavy atom. The van der Waals surface area contributed by atoms with Gasteiger partial charge in [-0.1, -0.05) is 0 Å². The number of aromatic amines is 1. The van der Waals surface area contributed by atoms with E-state index in [2.05, 4.69) is 4.98 Å². The Morgan fingerprint density at radius 1 is 1.21 bits per heavy atom. The molecule has 126 valence electrons. The Morgan fingerprint density at radius 2 is 1.96 bits per heavy atom. The van der Waals surface area contributed by atoms with E-state index < -0.39 is 11.9 Å². The molecular formula is C18H19FN2O3. The fourth-order valence-electron chi connectivity index (χ4n) is 3.84. The average molecular weight is 330 g/mol. The minimum atomic E-state index is -0.866. The van der Waals surface area contributed by atoms with E-state index in [1.165, 1.54) is 17.7 Å². The number of likely N-dealkylation sites (tertiary alicyclic amines) is 1. The summed E-state index contributed by atoms with van der Waals surface area (Å²) in [6.45, 7) is 1.31. The first-order valence-corrected chi connectivity index (χ1v) is 8.32. The van der Waals surface area contributed by atoms with Gasteiger partial charge in [-0.05, 0) is 48.9 Å². The van der Waals surface area contributed by atoms with E-state index in [0.717, 1.165) is 23.7 Å². The molecule has 2 atom stereocenters. The highest BCUT2D eigenvalue weighted by Crippen LogP contribution is 2.41. The van der Waals surface area contributed by atoms with Gasteiger partial charge in [0.25, 0.3) is 0 Å². The van der Waals surface area contributed by atoms with Gasteiger partial charge in [0.15, 0.2) is 0 Å². The number of hydrogen-bond donors (Lipinski definition) is 2. The van der Waals surface area contributed by atoms with Crippen LogP contribution >= 0.6 is 0 Å². The summed E-state index contributed by atoms with van der Waals surface area (Å²) in [5.74, 6) is -1.61. The predicted octanol–water partition coefficient (Wildman–Crippen LogP) is 2.73. The summed E-state index contributed by atoms with van der Waals surface area (Å²) in [6, 6.07) is 4.77. The van der Waals surface area contributed by atoms with Crippen LogP contribution in [0.5, 0.6) is 0 Å². The van der Waals surface area contributed by atoms with Crippen LogP contribution < -0.4 is 0 Å². The van der Waals surface area contributed by atoms with Crippen molar-refractivity contribution in [2.45, 2.75) is 25.2 Å². The summed E-state index contributed by atoms with van der Waals surface area (Å²) in [5.41, 5.74) is 1.97. The summed E-state index contributed by atoms with van der Waals surface area (Å²) in [4.78, 5) is 28.2. The highest BCUT2D eigenvalue weighted by atomic mass is 19.1. The van der Waals surface area contributed by atoms with Crippen LogP contribution in [0.4, 0.5) is 4.39 Å². The summed E-state index contributed by atoms with van der Waals surface area (Å²) >= 11 is 0. The number of carboxylic acids is 1. The third-order valence-corrected chi connectivity index (χ3v) is 5.35. The summed E-state index contributed by atoms with van der Waals surface area (Å²) in [5, 5.41) is 9.99. The number of aliphatic carboxylic acids is 1. The number of aromatic nitrogens is 1. The molecule has 1 amide bonds. The fourth-order valence-corrected chi connectivity index (χ4v) is 3.84. The topological polar surface area (TPSA) is 73.4 Å². The highest BCUT2D eigenvalue weighted by molar-refractivity contribution is 5.89. The summed E-state index contributed by atoms with van der Waals surface area (Å²) in [6.07, 6.45) is 4.11. The number of halogens is 1. The van der Waals surface area contributed by atoms with Crippen molar-refractivity contribution in [3.63, 3.8) is 0 Å². The number of hydrogen-bond acceptors (Lipinski definition) is 2. The van der Waals surface area contributed by atoms with Crippen LogP contribution in [0.1, 0.15) is 30.7 Å². The van der Waals surface area contributed by atoms with Gasteiger partial charge in [-0.3, -0.25) is 9.59 Å². The number of piperidine rings is 1. The van der Waals surface area contributed by atoms with Gasteiger partial charge in [0, 0.05) is 30.2 Å². The van der Waals surface area contributed by atoms with E-state index in [1.54, 1.807) is 11.0 Å². The molecule has 1 aliphatic heterocycles. The van der Waals surface area contributed by atoms with Gasteiger partial charge in [-0.15, -0.1) is 0 Å². The Labute approximate surface area is 138 Å². The molecule has 0 spiro atoms. The molecule has 0 bridgehead atoms. The molecule has 2 fully saturated rings. The quantitative estimate of drug-likeness (QED) is 0.909. The first-order chi connectivity index (χ1) is 11.5. The first kappa shape index (κ1) is 15.2. The smallest absolute Gasteiger partial charge is 0.307 e. The lowest BCUT2D eigenvalue weighted by Gasteiger charge is -2.32. The van der Waals surface area contributed by atoms with E-state index in [0.29, 0.717) is 25.4 Å². The molecular weight excluding hydrogens is 311 g/mol. The molecule has 4 rings (SSSR count). The molecule has 1 aromatic heterocycles. The van der Waals surface area contributed by atoms with Crippen molar-refractivity contribution in [2.75, 3.05) is 13.1 Å². The van der Waals surface area contributed by atoms with Crippen molar-refractivity contribution >= 4 is 22.8 Å². The van der Waals surface area contributed by atoms with Gasteiger partial charge in [-0.2, -0.15) is 0 Å². The molecule has 0 radical (unpaired) electrons. The summed E-state index contributed by atoms with van der Waals surface area (Å²) in [7, 11) is 0. The number of fused-ring (bicyclic) bond motifs is 1. The van der Waals surface area contributed by atoms with Crippen LogP contribution in [0.2, 0.25) is 0 Å². The molecule has 2 heterocycles. The van der Waals surface area contributed by atoms with Crippen LogP contribution in [0, 0.1) is 17.7 Å². The van der Waals surface area contributed by atoms with Gasteiger partial charge in [0.05, 0.1) is 11.8 Å². The second-order valence-electron chi connectivity index (χ2n) is 6.82.